The normalized spacial score (nSPS) is 13.1. The Kier molecular flexibility index (Phi) is 4.05. The van der Waals surface area contributed by atoms with E-state index in [9.17, 15) is 23.1 Å². The first-order valence-corrected chi connectivity index (χ1v) is 7.31. The number of hydrogen-bond donors (Lipinski definition) is 2. The number of aromatic amines is 1. The molecule has 0 aliphatic heterocycles. The number of H-pyrrole nitrogens is 1. The molecule has 3 aromatic rings. The lowest BCUT2D eigenvalue weighted by Gasteiger charge is -2.16. The van der Waals surface area contributed by atoms with Crippen molar-refractivity contribution < 1.29 is 23.1 Å². The zero-order valence-electron chi connectivity index (χ0n) is 12.5. The monoisotopic (exact) mass is 333 g/mol. The molecular weight excluding hydrogens is 319 g/mol. The van der Waals surface area contributed by atoms with Gasteiger partial charge in [-0.3, -0.25) is 4.79 Å². The van der Waals surface area contributed by atoms with E-state index in [1.807, 2.05) is 24.3 Å². The number of carboxylic acids is 1. The molecule has 0 saturated carbocycles. The molecule has 3 rings (SSSR count). The lowest BCUT2D eigenvalue weighted by atomic mass is 9.88. The lowest BCUT2D eigenvalue weighted by molar-refractivity contribution is -0.138. The van der Waals surface area contributed by atoms with Crippen LogP contribution < -0.4 is 0 Å². The van der Waals surface area contributed by atoms with Crippen LogP contribution in [-0.2, 0) is 11.0 Å². The molecular formula is C18H14F3NO2. The summed E-state index contributed by atoms with van der Waals surface area (Å²) in [6, 6.07) is 12.1. The SMILES string of the molecule is O=C(O)C[C@@H](c1ccc(C(F)(F)F)cc1)c1c[nH]c2ccccc12. The second-order valence-corrected chi connectivity index (χ2v) is 5.56. The van der Waals surface area contributed by atoms with Gasteiger partial charge in [0.1, 0.15) is 0 Å². The summed E-state index contributed by atoms with van der Waals surface area (Å²) in [6.07, 6.45) is -2.90. The highest BCUT2D eigenvalue weighted by molar-refractivity contribution is 5.85. The van der Waals surface area contributed by atoms with E-state index in [2.05, 4.69) is 4.98 Å². The zero-order chi connectivity index (χ0) is 17.3. The van der Waals surface area contributed by atoms with Gasteiger partial charge in [0.05, 0.1) is 12.0 Å². The molecule has 0 spiro atoms. The van der Waals surface area contributed by atoms with Crippen LogP contribution >= 0.6 is 0 Å². The molecule has 0 aliphatic carbocycles. The van der Waals surface area contributed by atoms with Gasteiger partial charge in [-0.25, -0.2) is 0 Å². The van der Waals surface area contributed by atoms with Gasteiger partial charge in [0.2, 0.25) is 0 Å². The Morgan fingerprint density at radius 2 is 1.75 bits per heavy atom. The van der Waals surface area contributed by atoms with Gasteiger partial charge in [0.15, 0.2) is 0 Å². The molecule has 0 aliphatic rings. The second-order valence-electron chi connectivity index (χ2n) is 5.56. The number of nitrogens with one attached hydrogen (secondary N) is 1. The smallest absolute Gasteiger partial charge is 0.416 e. The van der Waals surface area contributed by atoms with Gasteiger partial charge in [-0.05, 0) is 29.3 Å². The summed E-state index contributed by atoms with van der Waals surface area (Å²) in [5.41, 5.74) is 1.40. The molecule has 1 aromatic heterocycles. The quantitative estimate of drug-likeness (QED) is 0.721. The van der Waals surface area contributed by atoms with Gasteiger partial charge < -0.3 is 10.1 Å². The average Bonchev–Trinajstić information content (AvgIpc) is 2.96. The maximum Gasteiger partial charge on any atom is 0.416 e. The molecule has 0 bridgehead atoms. The van der Waals surface area contributed by atoms with E-state index in [1.165, 1.54) is 12.1 Å². The molecule has 0 fully saturated rings. The molecule has 124 valence electrons. The van der Waals surface area contributed by atoms with Crippen molar-refractivity contribution in [1.82, 2.24) is 4.98 Å². The molecule has 3 nitrogen and oxygen atoms in total. The third-order valence-electron chi connectivity index (χ3n) is 4.02. The number of rotatable bonds is 4. The number of alkyl halides is 3. The number of aliphatic carboxylic acids is 1. The minimum absolute atomic E-state index is 0.201. The Morgan fingerprint density at radius 3 is 2.38 bits per heavy atom. The third-order valence-corrected chi connectivity index (χ3v) is 4.02. The van der Waals surface area contributed by atoms with Crippen molar-refractivity contribution in [2.45, 2.75) is 18.5 Å². The number of aromatic nitrogens is 1. The van der Waals surface area contributed by atoms with Crippen molar-refractivity contribution in [1.29, 1.82) is 0 Å². The number of para-hydroxylation sites is 1. The van der Waals surface area contributed by atoms with E-state index in [4.69, 9.17) is 0 Å². The standard InChI is InChI=1S/C18H14F3NO2/c19-18(20,21)12-7-5-11(6-8-12)14(9-17(23)24)15-10-22-16-4-2-1-3-13(15)16/h1-8,10,14,22H,9H2,(H,23,24)/t14-/m0/s1. The van der Waals surface area contributed by atoms with Crippen molar-refractivity contribution in [2.24, 2.45) is 0 Å². The Morgan fingerprint density at radius 1 is 1.08 bits per heavy atom. The topological polar surface area (TPSA) is 53.1 Å². The second kappa shape index (κ2) is 6.03. The summed E-state index contributed by atoms with van der Waals surface area (Å²) in [5, 5.41) is 10.1. The Bertz CT molecular complexity index is 866. The number of halogens is 3. The van der Waals surface area contributed by atoms with Gasteiger partial charge >= 0.3 is 12.1 Å². The van der Waals surface area contributed by atoms with Crippen LogP contribution in [0.4, 0.5) is 13.2 Å². The summed E-state index contributed by atoms with van der Waals surface area (Å²) in [5.74, 6) is -1.54. The maximum absolute atomic E-state index is 12.7. The van der Waals surface area contributed by atoms with E-state index < -0.39 is 23.6 Å². The van der Waals surface area contributed by atoms with E-state index in [0.29, 0.717) is 5.56 Å². The highest BCUT2D eigenvalue weighted by Crippen LogP contribution is 2.35. The van der Waals surface area contributed by atoms with Gasteiger partial charge in [0.25, 0.3) is 0 Å². The summed E-state index contributed by atoms with van der Waals surface area (Å²) in [7, 11) is 0. The minimum atomic E-state index is -4.42. The molecule has 24 heavy (non-hydrogen) atoms. The molecule has 1 atom stereocenters. The van der Waals surface area contributed by atoms with Crippen molar-refractivity contribution >= 4 is 16.9 Å². The molecule has 2 N–H and O–H groups in total. The van der Waals surface area contributed by atoms with Gasteiger partial charge in [-0.15, -0.1) is 0 Å². The fourth-order valence-electron chi connectivity index (χ4n) is 2.87. The Labute approximate surface area is 135 Å². The van der Waals surface area contributed by atoms with Crippen LogP contribution in [0, 0.1) is 0 Å². The fraction of sp³-hybridized carbons (Fsp3) is 0.167. The van der Waals surface area contributed by atoms with E-state index in [0.717, 1.165) is 28.6 Å². The first kappa shape index (κ1) is 16.1. The van der Waals surface area contributed by atoms with Gasteiger partial charge in [-0.1, -0.05) is 30.3 Å². The molecule has 6 heteroatoms. The van der Waals surface area contributed by atoms with Crippen molar-refractivity contribution in [2.75, 3.05) is 0 Å². The zero-order valence-corrected chi connectivity index (χ0v) is 12.5. The number of carboxylic acid groups (broad SMARTS) is 1. The first-order chi connectivity index (χ1) is 11.4. The van der Waals surface area contributed by atoms with Crippen molar-refractivity contribution in [3.05, 3.63) is 71.4 Å². The molecule has 1 heterocycles. The van der Waals surface area contributed by atoms with Crippen molar-refractivity contribution in [3.63, 3.8) is 0 Å². The van der Waals surface area contributed by atoms with Crippen LogP contribution in [0.15, 0.2) is 54.7 Å². The van der Waals surface area contributed by atoms with Crippen molar-refractivity contribution in [3.8, 4) is 0 Å². The predicted molar refractivity (Wildman–Crippen MR) is 83.8 cm³/mol. The van der Waals surface area contributed by atoms with Crippen LogP contribution in [0.5, 0.6) is 0 Å². The van der Waals surface area contributed by atoms with E-state index in [-0.39, 0.29) is 6.42 Å². The predicted octanol–water partition coefficient (Wildman–Crippen LogP) is 4.79. The maximum atomic E-state index is 12.7. The van der Waals surface area contributed by atoms with Crippen LogP contribution in [0.3, 0.4) is 0 Å². The lowest BCUT2D eigenvalue weighted by Crippen LogP contribution is -2.09. The summed E-state index contributed by atoms with van der Waals surface area (Å²) in [6.45, 7) is 0. The highest BCUT2D eigenvalue weighted by atomic mass is 19.4. The fourth-order valence-corrected chi connectivity index (χ4v) is 2.87. The summed E-state index contributed by atoms with van der Waals surface area (Å²) in [4.78, 5) is 14.3. The third kappa shape index (κ3) is 3.13. The largest absolute Gasteiger partial charge is 0.481 e. The van der Waals surface area contributed by atoms with Gasteiger partial charge in [-0.2, -0.15) is 13.2 Å². The average molecular weight is 333 g/mol. The molecule has 2 aromatic carbocycles. The molecule has 0 amide bonds. The van der Waals surface area contributed by atoms with Crippen LogP contribution in [0.2, 0.25) is 0 Å². The van der Waals surface area contributed by atoms with Crippen LogP contribution in [0.1, 0.15) is 29.0 Å². The summed E-state index contributed by atoms with van der Waals surface area (Å²) >= 11 is 0. The molecule has 0 saturated heterocycles. The Balaban J connectivity index is 2.05. The minimum Gasteiger partial charge on any atom is -0.481 e. The number of benzene rings is 2. The first-order valence-electron chi connectivity index (χ1n) is 7.31. The van der Waals surface area contributed by atoms with Crippen LogP contribution in [-0.4, -0.2) is 16.1 Å². The summed E-state index contributed by atoms with van der Waals surface area (Å²) < 4.78 is 38.1. The number of carbonyl (C=O) groups is 1. The highest BCUT2D eigenvalue weighted by Gasteiger charge is 2.30. The number of fused-ring (bicyclic) bond motifs is 1. The van der Waals surface area contributed by atoms with E-state index >= 15 is 0 Å². The van der Waals surface area contributed by atoms with Crippen LogP contribution in [0.25, 0.3) is 10.9 Å². The van der Waals surface area contributed by atoms with E-state index in [1.54, 1.807) is 6.20 Å². The number of hydrogen-bond acceptors (Lipinski definition) is 1. The Hall–Kier alpha value is -2.76. The molecule has 0 radical (unpaired) electrons. The van der Waals surface area contributed by atoms with Gasteiger partial charge in [0, 0.05) is 23.0 Å². The molecule has 0 unspecified atom stereocenters.